The number of hydrogen-bond donors (Lipinski definition) is 1. The molecule has 8 heteroatoms. The summed E-state index contributed by atoms with van der Waals surface area (Å²) in [6.45, 7) is 2.76. The van der Waals surface area contributed by atoms with E-state index < -0.39 is 0 Å². The summed E-state index contributed by atoms with van der Waals surface area (Å²) in [5.41, 5.74) is 3.05. The van der Waals surface area contributed by atoms with E-state index in [-0.39, 0.29) is 23.5 Å². The van der Waals surface area contributed by atoms with E-state index in [2.05, 4.69) is 14.9 Å². The minimum atomic E-state index is -0.288. The van der Waals surface area contributed by atoms with Gasteiger partial charge >= 0.3 is 0 Å². The number of likely N-dealkylation sites (tertiary alicyclic amines) is 1. The summed E-state index contributed by atoms with van der Waals surface area (Å²) in [7, 11) is 0. The molecule has 154 valence electrons. The van der Waals surface area contributed by atoms with Gasteiger partial charge in [0.15, 0.2) is 0 Å². The predicted octanol–water partition coefficient (Wildman–Crippen LogP) is 4.14. The molecule has 0 bridgehead atoms. The zero-order valence-corrected chi connectivity index (χ0v) is 17.3. The van der Waals surface area contributed by atoms with E-state index in [9.17, 15) is 14.0 Å². The number of nitrogens with zero attached hydrogens (tertiary/aromatic N) is 3. The fourth-order valence-corrected chi connectivity index (χ4v) is 4.24. The van der Waals surface area contributed by atoms with E-state index in [4.69, 9.17) is 0 Å². The Morgan fingerprint density at radius 2 is 1.97 bits per heavy atom. The maximum absolute atomic E-state index is 13.2. The van der Waals surface area contributed by atoms with Crippen molar-refractivity contribution in [1.29, 1.82) is 0 Å². The smallest absolute Gasteiger partial charge is 0.267 e. The molecule has 1 unspecified atom stereocenters. The third-order valence-electron chi connectivity index (χ3n) is 5.23. The molecule has 2 aromatic carbocycles. The first-order valence-electron chi connectivity index (χ1n) is 9.76. The standard InChI is InChI=1S/C22H21FN4O2S/c1-14-20(30-26-25-14)22(29)27-11-3-5-17(13-27)21(28)24-19-6-2-4-16(12-19)15-7-9-18(23)10-8-15/h2,4,6-10,12,17H,3,5,11,13H2,1H3,(H,24,28). The van der Waals surface area contributed by atoms with Crippen LogP contribution in [-0.4, -0.2) is 39.4 Å². The van der Waals surface area contributed by atoms with Crippen LogP contribution in [0.25, 0.3) is 11.1 Å². The third kappa shape index (κ3) is 4.38. The summed E-state index contributed by atoms with van der Waals surface area (Å²) in [5.74, 6) is -0.788. The molecule has 1 aliphatic rings. The molecule has 4 rings (SSSR count). The van der Waals surface area contributed by atoms with Crippen LogP contribution in [0.5, 0.6) is 0 Å². The number of rotatable bonds is 4. The average molecular weight is 425 g/mol. The number of benzene rings is 2. The highest BCUT2D eigenvalue weighted by Crippen LogP contribution is 2.25. The summed E-state index contributed by atoms with van der Waals surface area (Å²) in [4.78, 5) is 27.8. The summed E-state index contributed by atoms with van der Waals surface area (Å²) in [6, 6.07) is 13.7. The Morgan fingerprint density at radius 3 is 2.70 bits per heavy atom. The van der Waals surface area contributed by atoms with Crippen LogP contribution < -0.4 is 5.32 Å². The molecule has 6 nitrogen and oxygen atoms in total. The fraction of sp³-hybridized carbons (Fsp3) is 0.273. The highest BCUT2D eigenvalue weighted by atomic mass is 32.1. The predicted molar refractivity (Wildman–Crippen MR) is 114 cm³/mol. The number of anilines is 1. The van der Waals surface area contributed by atoms with Gasteiger partial charge in [-0.25, -0.2) is 4.39 Å². The minimum Gasteiger partial charge on any atom is -0.337 e. The number of aryl methyl sites for hydroxylation is 1. The van der Waals surface area contributed by atoms with E-state index in [1.165, 1.54) is 12.1 Å². The van der Waals surface area contributed by atoms with Crippen molar-refractivity contribution in [1.82, 2.24) is 14.5 Å². The Labute approximate surface area is 177 Å². The van der Waals surface area contributed by atoms with Crippen LogP contribution in [-0.2, 0) is 4.79 Å². The van der Waals surface area contributed by atoms with Crippen molar-refractivity contribution in [3.05, 3.63) is 64.9 Å². The summed E-state index contributed by atoms with van der Waals surface area (Å²) >= 11 is 1.09. The van der Waals surface area contributed by atoms with E-state index in [0.717, 1.165) is 35.5 Å². The molecule has 3 aromatic rings. The second-order valence-electron chi connectivity index (χ2n) is 7.35. The minimum absolute atomic E-state index is 0.108. The largest absolute Gasteiger partial charge is 0.337 e. The number of nitrogens with one attached hydrogen (secondary N) is 1. The van der Waals surface area contributed by atoms with Crippen LogP contribution in [0.1, 0.15) is 28.2 Å². The Kier molecular flexibility index (Phi) is 5.85. The van der Waals surface area contributed by atoms with Crippen molar-refractivity contribution in [3.63, 3.8) is 0 Å². The Hall–Kier alpha value is -3.13. The quantitative estimate of drug-likeness (QED) is 0.683. The van der Waals surface area contributed by atoms with Crippen LogP contribution in [0.4, 0.5) is 10.1 Å². The Morgan fingerprint density at radius 1 is 1.17 bits per heavy atom. The maximum Gasteiger partial charge on any atom is 0.267 e. The second-order valence-corrected chi connectivity index (χ2v) is 8.11. The first kappa shape index (κ1) is 20.2. The average Bonchev–Trinajstić information content (AvgIpc) is 3.20. The summed E-state index contributed by atoms with van der Waals surface area (Å²) in [6.07, 6.45) is 1.50. The van der Waals surface area contributed by atoms with E-state index >= 15 is 0 Å². The zero-order valence-electron chi connectivity index (χ0n) is 16.5. The first-order chi connectivity index (χ1) is 14.5. The molecule has 1 aromatic heterocycles. The van der Waals surface area contributed by atoms with E-state index in [1.807, 2.05) is 24.3 Å². The van der Waals surface area contributed by atoms with Crippen LogP contribution >= 0.6 is 11.5 Å². The van der Waals surface area contributed by atoms with Gasteiger partial charge in [0.25, 0.3) is 5.91 Å². The molecule has 1 N–H and O–H groups in total. The lowest BCUT2D eigenvalue weighted by Gasteiger charge is -2.31. The molecule has 1 atom stereocenters. The lowest BCUT2D eigenvalue weighted by atomic mass is 9.96. The number of aromatic nitrogens is 2. The number of piperidine rings is 1. The first-order valence-corrected chi connectivity index (χ1v) is 10.5. The molecule has 0 radical (unpaired) electrons. The van der Waals surface area contributed by atoms with Crippen LogP contribution in [0, 0.1) is 18.7 Å². The molecule has 0 aliphatic carbocycles. The van der Waals surface area contributed by atoms with Crippen molar-refractivity contribution < 1.29 is 14.0 Å². The molecule has 30 heavy (non-hydrogen) atoms. The Bertz CT molecular complexity index is 1070. The molecular weight excluding hydrogens is 403 g/mol. The number of halogens is 1. The van der Waals surface area contributed by atoms with Gasteiger partial charge < -0.3 is 10.2 Å². The van der Waals surface area contributed by atoms with Gasteiger partial charge in [0, 0.05) is 18.8 Å². The van der Waals surface area contributed by atoms with Gasteiger partial charge in [0.1, 0.15) is 10.7 Å². The van der Waals surface area contributed by atoms with Crippen LogP contribution in [0.2, 0.25) is 0 Å². The van der Waals surface area contributed by atoms with Crippen LogP contribution in [0.15, 0.2) is 48.5 Å². The SMILES string of the molecule is Cc1nnsc1C(=O)N1CCCC(C(=O)Nc2cccc(-c3ccc(F)cc3)c2)C1. The molecule has 2 amide bonds. The van der Waals surface area contributed by atoms with Gasteiger partial charge in [0.2, 0.25) is 5.91 Å². The van der Waals surface area contributed by atoms with Crippen molar-refractivity contribution in [2.75, 3.05) is 18.4 Å². The number of hydrogen-bond acceptors (Lipinski definition) is 5. The molecule has 1 aliphatic heterocycles. The van der Waals surface area contributed by atoms with Crippen molar-refractivity contribution in [2.45, 2.75) is 19.8 Å². The van der Waals surface area contributed by atoms with E-state index in [1.54, 1.807) is 24.0 Å². The monoisotopic (exact) mass is 424 g/mol. The molecule has 2 heterocycles. The zero-order chi connectivity index (χ0) is 21.1. The molecule has 0 spiro atoms. The van der Waals surface area contributed by atoms with Gasteiger partial charge in [-0.1, -0.05) is 28.8 Å². The normalized spacial score (nSPS) is 16.3. The molecule has 1 saturated heterocycles. The summed E-state index contributed by atoms with van der Waals surface area (Å²) < 4.78 is 17.0. The maximum atomic E-state index is 13.2. The number of amides is 2. The van der Waals surface area contributed by atoms with Gasteiger partial charge in [-0.15, -0.1) is 5.10 Å². The highest BCUT2D eigenvalue weighted by molar-refractivity contribution is 7.07. The number of carbonyl (C=O) groups is 2. The highest BCUT2D eigenvalue weighted by Gasteiger charge is 2.30. The topological polar surface area (TPSA) is 75.2 Å². The van der Waals surface area contributed by atoms with Crippen molar-refractivity contribution >= 4 is 29.0 Å². The van der Waals surface area contributed by atoms with Gasteiger partial charge in [0.05, 0.1) is 11.6 Å². The molecular formula is C22H21FN4O2S. The molecule has 1 fully saturated rings. The van der Waals surface area contributed by atoms with Gasteiger partial charge in [-0.3, -0.25) is 9.59 Å². The number of carbonyl (C=O) groups excluding carboxylic acids is 2. The van der Waals surface area contributed by atoms with Crippen molar-refractivity contribution in [3.8, 4) is 11.1 Å². The lowest BCUT2D eigenvalue weighted by Crippen LogP contribution is -2.43. The lowest BCUT2D eigenvalue weighted by molar-refractivity contribution is -0.121. The van der Waals surface area contributed by atoms with Crippen LogP contribution in [0.3, 0.4) is 0 Å². The van der Waals surface area contributed by atoms with E-state index in [0.29, 0.717) is 29.3 Å². The Balaban J connectivity index is 1.43. The second kappa shape index (κ2) is 8.71. The van der Waals surface area contributed by atoms with Gasteiger partial charge in [-0.05, 0) is 66.7 Å². The fourth-order valence-electron chi connectivity index (χ4n) is 3.61. The third-order valence-corrected chi connectivity index (χ3v) is 6.05. The van der Waals surface area contributed by atoms with Gasteiger partial charge in [-0.2, -0.15) is 0 Å². The van der Waals surface area contributed by atoms with Crippen molar-refractivity contribution in [2.24, 2.45) is 5.92 Å². The molecule has 0 saturated carbocycles. The summed E-state index contributed by atoms with van der Waals surface area (Å²) in [5, 5.41) is 6.87.